The van der Waals surface area contributed by atoms with E-state index in [0.29, 0.717) is 37.7 Å². The van der Waals surface area contributed by atoms with E-state index in [2.05, 4.69) is 6.58 Å². The van der Waals surface area contributed by atoms with Gasteiger partial charge in [-0.2, -0.15) is 8.42 Å². The van der Waals surface area contributed by atoms with Crippen molar-refractivity contribution >= 4 is 16.1 Å². The first-order chi connectivity index (χ1) is 8.66. The van der Waals surface area contributed by atoms with E-state index in [4.69, 9.17) is 9.29 Å². The molecule has 0 atom stereocenters. The summed E-state index contributed by atoms with van der Waals surface area (Å²) >= 11 is 0. The number of carbonyl (C=O) groups excluding carboxylic acids is 1. The minimum atomic E-state index is -3.91. The molecule has 0 rings (SSSR count). The van der Waals surface area contributed by atoms with Crippen molar-refractivity contribution in [2.24, 2.45) is 0 Å². The Hall–Kier alpha value is -0.920. The van der Waals surface area contributed by atoms with Gasteiger partial charge in [0, 0.05) is 5.57 Å². The smallest absolute Gasteiger partial charge is 0.333 e. The highest BCUT2D eigenvalue weighted by Gasteiger charge is 2.30. The molecule has 0 aromatic rings. The Bertz CT molecular complexity index is 412. The molecule has 0 heterocycles. The Labute approximate surface area is 121 Å². The first-order valence-electron chi connectivity index (χ1n) is 6.50. The Kier molecular flexibility index (Phi) is 9.72. The van der Waals surface area contributed by atoms with Crippen molar-refractivity contribution in [1.82, 2.24) is 6.15 Å². The van der Waals surface area contributed by atoms with Crippen molar-refractivity contribution in [1.29, 1.82) is 0 Å². The van der Waals surface area contributed by atoms with Gasteiger partial charge < -0.3 is 10.9 Å². The molecule has 6 nitrogen and oxygen atoms in total. The van der Waals surface area contributed by atoms with Crippen LogP contribution in [0.4, 0.5) is 0 Å². The number of hydrogen-bond donors (Lipinski definition) is 2. The van der Waals surface area contributed by atoms with Gasteiger partial charge in [0.2, 0.25) is 0 Å². The molecule has 0 aliphatic heterocycles. The highest BCUT2D eigenvalue weighted by atomic mass is 32.2. The molecule has 20 heavy (non-hydrogen) atoms. The van der Waals surface area contributed by atoms with Gasteiger partial charge in [-0.15, -0.1) is 0 Å². The molecule has 0 bridgehead atoms. The summed E-state index contributed by atoms with van der Waals surface area (Å²) in [5.41, 5.74) is -0.223. The predicted molar refractivity (Wildman–Crippen MR) is 79.5 cm³/mol. The van der Waals surface area contributed by atoms with Crippen LogP contribution >= 0.6 is 0 Å². The summed E-state index contributed by atoms with van der Waals surface area (Å²) in [6.45, 7) is 9.00. The molecule has 0 aromatic carbocycles. The Morgan fingerprint density at radius 3 is 2.10 bits per heavy atom. The first kappa shape index (κ1) is 21.4. The fourth-order valence-corrected chi connectivity index (χ4v) is 2.38. The fraction of sp³-hybridized carbons (Fsp3) is 0.769. The number of ether oxygens (including phenoxy) is 1. The zero-order valence-electron chi connectivity index (χ0n) is 12.6. The average molecular weight is 309 g/mol. The van der Waals surface area contributed by atoms with Gasteiger partial charge in [0.15, 0.2) is 0 Å². The normalized spacial score (nSPS) is 11.6. The lowest BCUT2D eigenvalue weighted by molar-refractivity contribution is -0.156. The fourth-order valence-electron chi connectivity index (χ4n) is 1.81. The molecule has 0 aliphatic rings. The zero-order chi connectivity index (χ0) is 15.1. The van der Waals surface area contributed by atoms with E-state index in [1.807, 2.05) is 13.8 Å². The largest absolute Gasteiger partial charge is 0.456 e. The van der Waals surface area contributed by atoms with Gasteiger partial charge in [0.25, 0.3) is 10.1 Å². The number of hydrogen-bond acceptors (Lipinski definition) is 5. The van der Waals surface area contributed by atoms with E-state index in [0.717, 1.165) is 0 Å². The number of carbonyl (C=O) groups is 1. The summed E-state index contributed by atoms with van der Waals surface area (Å²) in [6, 6.07) is 0. The molecule has 7 heteroatoms. The maximum Gasteiger partial charge on any atom is 0.333 e. The third-order valence-corrected chi connectivity index (χ3v) is 4.04. The molecule has 0 spiro atoms. The Balaban J connectivity index is 0. The highest BCUT2D eigenvalue weighted by Crippen LogP contribution is 2.28. The van der Waals surface area contributed by atoms with E-state index in [-0.39, 0.29) is 11.9 Å². The van der Waals surface area contributed by atoms with E-state index in [9.17, 15) is 13.2 Å². The molecule has 0 aliphatic carbocycles. The monoisotopic (exact) mass is 309 g/mol. The summed E-state index contributed by atoms with van der Waals surface area (Å²) in [6.07, 6.45) is 2.83. The topological polar surface area (TPSA) is 116 Å². The molecule has 0 saturated carbocycles. The van der Waals surface area contributed by atoms with E-state index in [1.165, 1.54) is 0 Å². The van der Waals surface area contributed by atoms with Crippen LogP contribution in [0.1, 0.15) is 52.9 Å². The maximum absolute atomic E-state index is 11.6. The predicted octanol–water partition coefficient (Wildman–Crippen LogP) is 2.88. The molecule has 0 amide bonds. The maximum atomic E-state index is 11.6. The second-order valence-corrected chi connectivity index (χ2v) is 6.38. The lowest BCUT2D eigenvalue weighted by atomic mass is 9.90. The van der Waals surface area contributed by atoms with Gasteiger partial charge >= 0.3 is 5.97 Å². The van der Waals surface area contributed by atoms with Gasteiger partial charge in [-0.05, 0) is 39.0 Å². The quantitative estimate of drug-likeness (QED) is 0.293. The van der Waals surface area contributed by atoms with Crippen LogP contribution in [-0.4, -0.2) is 30.3 Å². The van der Waals surface area contributed by atoms with E-state index < -0.39 is 21.7 Å². The molecule has 0 aromatic heterocycles. The van der Waals surface area contributed by atoms with Crippen LogP contribution in [0.5, 0.6) is 0 Å². The van der Waals surface area contributed by atoms with Crippen LogP contribution in [0.25, 0.3) is 0 Å². The van der Waals surface area contributed by atoms with Crippen LogP contribution < -0.4 is 6.15 Å². The molecule has 0 saturated heterocycles. The number of esters is 1. The SMILES string of the molecule is C=C(C)C(=O)OC(CC)(CC)CCCCS(=O)(=O)O.N. The molecule has 0 unspecified atom stereocenters. The highest BCUT2D eigenvalue weighted by molar-refractivity contribution is 7.85. The van der Waals surface area contributed by atoms with Crippen LogP contribution in [0, 0.1) is 0 Å². The van der Waals surface area contributed by atoms with Crippen LogP contribution in [0.2, 0.25) is 0 Å². The summed E-state index contributed by atoms with van der Waals surface area (Å²) in [7, 11) is -3.91. The number of unbranched alkanes of at least 4 members (excludes halogenated alkanes) is 1. The van der Waals surface area contributed by atoms with Crippen LogP contribution in [0.3, 0.4) is 0 Å². The third kappa shape index (κ3) is 8.29. The Morgan fingerprint density at radius 2 is 1.75 bits per heavy atom. The van der Waals surface area contributed by atoms with Gasteiger partial charge in [0.05, 0.1) is 5.75 Å². The Morgan fingerprint density at radius 1 is 1.25 bits per heavy atom. The molecule has 0 radical (unpaired) electrons. The average Bonchev–Trinajstić information content (AvgIpc) is 2.31. The van der Waals surface area contributed by atoms with Crippen molar-refractivity contribution in [3.8, 4) is 0 Å². The van der Waals surface area contributed by atoms with Gasteiger partial charge in [-0.25, -0.2) is 4.79 Å². The molecular weight excluding hydrogens is 282 g/mol. The van der Waals surface area contributed by atoms with Crippen molar-refractivity contribution in [3.63, 3.8) is 0 Å². The van der Waals surface area contributed by atoms with Gasteiger partial charge in [0.1, 0.15) is 5.60 Å². The van der Waals surface area contributed by atoms with E-state index in [1.54, 1.807) is 6.92 Å². The molecule has 0 fully saturated rings. The van der Waals surface area contributed by atoms with E-state index >= 15 is 0 Å². The lowest BCUT2D eigenvalue weighted by Crippen LogP contribution is -2.34. The molecule has 120 valence electrons. The molecular formula is C13H27NO5S. The zero-order valence-corrected chi connectivity index (χ0v) is 13.5. The second kappa shape index (κ2) is 9.10. The lowest BCUT2D eigenvalue weighted by Gasteiger charge is -2.31. The summed E-state index contributed by atoms with van der Waals surface area (Å²) in [5, 5.41) is 0. The van der Waals surface area contributed by atoms with Crippen molar-refractivity contribution in [3.05, 3.63) is 12.2 Å². The van der Waals surface area contributed by atoms with Gasteiger partial charge in [-0.3, -0.25) is 4.55 Å². The third-order valence-electron chi connectivity index (χ3n) is 3.23. The molecule has 4 N–H and O–H groups in total. The van der Waals surface area contributed by atoms with Crippen LogP contribution in [-0.2, 0) is 19.6 Å². The number of rotatable bonds is 9. The van der Waals surface area contributed by atoms with Gasteiger partial charge in [-0.1, -0.05) is 20.4 Å². The summed E-state index contributed by atoms with van der Waals surface area (Å²) in [5.74, 6) is -0.677. The second-order valence-electron chi connectivity index (χ2n) is 4.80. The standard InChI is InChI=1S/C13H24O5S.H3N/c1-5-13(6-2,18-12(14)11(3)4)9-7-8-10-19(15,16)17;/h3,5-10H2,1-2,4H3,(H,15,16,17);1H3. The van der Waals surface area contributed by atoms with Crippen LogP contribution in [0.15, 0.2) is 12.2 Å². The summed E-state index contributed by atoms with van der Waals surface area (Å²) in [4.78, 5) is 11.6. The van der Waals surface area contributed by atoms with Crippen molar-refractivity contribution < 1.29 is 22.5 Å². The first-order valence-corrected chi connectivity index (χ1v) is 8.10. The minimum Gasteiger partial charge on any atom is -0.456 e. The van der Waals surface area contributed by atoms with Crippen molar-refractivity contribution in [2.45, 2.75) is 58.5 Å². The van der Waals surface area contributed by atoms with Crippen molar-refractivity contribution in [2.75, 3.05) is 5.75 Å². The summed E-state index contributed by atoms with van der Waals surface area (Å²) < 4.78 is 35.4. The minimum absolute atomic E-state index is 0.